The van der Waals surface area contributed by atoms with Gasteiger partial charge in [0.2, 0.25) is 5.95 Å². The molecule has 0 radical (unpaired) electrons. The van der Waals surface area contributed by atoms with Gasteiger partial charge in [-0.25, -0.2) is 0 Å². The largest absolute Gasteiger partial charge is 0.356 e. The lowest BCUT2D eigenvalue weighted by atomic mass is 10.7. The number of nitrogens with one attached hydrogen (secondary N) is 1. The minimum atomic E-state index is 0.502. The fourth-order valence-corrected chi connectivity index (χ4v) is 0.433. The zero-order valence-electron chi connectivity index (χ0n) is 7.29. The summed E-state index contributed by atoms with van der Waals surface area (Å²) in [6.07, 6.45) is 0. The molecule has 0 aliphatic carbocycles. The van der Waals surface area contributed by atoms with Crippen LogP contribution in [0, 0.1) is 6.92 Å². The van der Waals surface area contributed by atoms with Crippen molar-refractivity contribution in [2.75, 3.05) is 12.4 Å². The maximum Gasteiger partial charge on any atom is 0.246 e. The van der Waals surface area contributed by atoms with Gasteiger partial charge in [-0.05, 0) is 12.1 Å². The van der Waals surface area contributed by atoms with Gasteiger partial charge in [0.05, 0.1) is 0 Å². The summed E-state index contributed by atoms with van der Waals surface area (Å²) in [5.41, 5.74) is 0. The molecular formula is C6H13N5. The molecule has 5 nitrogen and oxygen atoms in total. The smallest absolute Gasteiger partial charge is 0.246 e. The van der Waals surface area contributed by atoms with E-state index in [2.05, 4.69) is 25.7 Å². The van der Waals surface area contributed by atoms with E-state index in [0.717, 1.165) is 0 Å². The molecule has 0 aliphatic heterocycles. The number of nitrogens with zero attached hydrogens (tertiary/aromatic N) is 4. The van der Waals surface area contributed by atoms with Gasteiger partial charge in [-0.15, -0.1) is 5.10 Å². The second-order valence-electron chi connectivity index (χ2n) is 1.52. The molecular weight excluding hydrogens is 142 g/mol. The predicted octanol–water partition coefficient (Wildman–Crippen LogP) is 0.643. The first kappa shape index (κ1) is 9.74. The van der Waals surface area contributed by atoms with Gasteiger partial charge in [0.15, 0.2) is 5.82 Å². The van der Waals surface area contributed by atoms with E-state index in [1.165, 1.54) is 0 Å². The van der Waals surface area contributed by atoms with Gasteiger partial charge in [-0.3, -0.25) is 0 Å². The molecule has 5 heteroatoms. The third kappa shape index (κ3) is 3.44. The van der Waals surface area contributed by atoms with Crippen LogP contribution in [0.1, 0.15) is 19.7 Å². The van der Waals surface area contributed by atoms with Crippen LogP contribution < -0.4 is 5.32 Å². The number of anilines is 1. The van der Waals surface area contributed by atoms with Gasteiger partial charge in [-0.2, -0.15) is 4.98 Å². The lowest BCUT2D eigenvalue weighted by molar-refractivity contribution is 0.790. The van der Waals surface area contributed by atoms with E-state index in [4.69, 9.17) is 0 Å². The number of hydrogen-bond acceptors (Lipinski definition) is 5. The van der Waals surface area contributed by atoms with E-state index in [1.807, 2.05) is 13.8 Å². The van der Waals surface area contributed by atoms with Crippen molar-refractivity contribution in [3.8, 4) is 0 Å². The Morgan fingerprint density at radius 2 is 1.82 bits per heavy atom. The average Bonchev–Trinajstić information content (AvgIpc) is 2.08. The fourth-order valence-electron chi connectivity index (χ4n) is 0.433. The summed E-state index contributed by atoms with van der Waals surface area (Å²) in [5, 5.41) is 13.3. The Morgan fingerprint density at radius 1 is 1.18 bits per heavy atom. The molecule has 1 aromatic rings. The number of aromatic nitrogens is 4. The maximum atomic E-state index is 3.90. The standard InChI is InChI=1S/C4H7N5.C2H6/c1-3-6-4(5-2)8-9-7-3;1-2/h1-2H3,(H,5,6,7,8);1-2H3. The van der Waals surface area contributed by atoms with Crippen molar-refractivity contribution < 1.29 is 0 Å². The second-order valence-corrected chi connectivity index (χ2v) is 1.52. The first-order chi connectivity index (χ1) is 5.33. The summed E-state index contributed by atoms with van der Waals surface area (Å²) in [5.74, 6) is 1.12. The molecule has 0 aliphatic rings. The Hall–Kier alpha value is -1.26. The van der Waals surface area contributed by atoms with E-state index in [1.54, 1.807) is 14.0 Å². The monoisotopic (exact) mass is 155 g/mol. The van der Waals surface area contributed by atoms with Crippen LogP contribution in [-0.2, 0) is 0 Å². The molecule has 0 amide bonds. The topological polar surface area (TPSA) is 63.6 Å². The minimum Gasteiger partial charge on any atom is -0.356 e. The van der Waals surface area contributed by atoms with Gasteiger partial charge in [0, 0.05) is 7.05 Å². The van der Waals surface area contributed by atoms with Crippen molar-refractivity contribution in [1.29, 1.82) is 0 Å². The van der Waals surface area contributed by atoms with Crippen LogP contribution in [0.3, 0.4) is 0 Å². The molecule has 11 heavy (non-hydrogen) atoms. The third-order valence-electron chi connectivity index (χ3n) is 0.820. The molecule has 0 spiro atoms. The lowest BCUT2D eigenvalue weighted by Crippen LogP contribution is -2.01. The Balaban J connectivity index is 0.000000461. The Bertz CT molecular complexity index is 200. The highest BCUT2D eigenvalue weighted by molar-refractivity contribution is 5.18. The van der Waals surface area contributed by atoms with Crippen LogP contribution in [-0.4, -0.2) is 27.4 Å². The Morgan fingerprint density at radius 3 is 2.18 bits per heavy atom. The van der Waals surface area contributed by atoms with Gasteiger partial charge in [0.1, 0.15) is 0 Å². The molecule has 1 heterocycles. The number of rotatable bonds is 1. The minimum absolute atomic E-state index is 0.502. The first-order valence-electron chi connectivity index (χ1n) is 3.54. The van der Waals surface area contributed by atoms with Gasteiger partial charge >= 0.3 is 0 Å². The van der Waals surface area contributed by atoms with E-state index >= 15 is 0 Å². The number of hydrogen-bond donors (Lipinski definition) is 1. The third-order valence-corrected chi connectivity index (χ3v) is 0.820. The van der Waals surface area contributed by atoms with Gasteiger partial charge < -0.3 is 5.32 Å². The molecule has 62 valence electrons. The Kier molecular flexibility index (Phi) is 4.89. The summed E-state index contributed by atoms with van der Waals surface area (Å²) in [6.45, 7) is 5.76. The maximum absolute atomic E-state index is 3.90. The summed E-state index contributed by atoms with van der Waals surface area (Å²) >= 11 is 0. The molecule has 1 N–H and O–H groups in total. The number of aryl methyl sites for hydroxylation is 1. The fraction of sp³-hybridized carbons (Fsp3) is 0.667. The van der Waals surface area contributed by atoms with Crippen molar-refractivity contribution in [2.45, 2.75) is 20.8 Å². The van der Waals surface area contributed by atoms with E-state index < -0.39 is 0 Å². The Labute approximate surface area is 66.3 Å². The van der Waals surface area contributed by atoms with Crippen LogP contribution in [0.2, 0.25) is 0 Å². The molecule has 0 saturated carbocycles. The molecule has 0 bridgehead atoms. The normalized spacial score (nSPS) is 8.00. The lowest BCUT2D eigenvalue weighted by Gasteiger charge is -1.93. The molecule has 0 fully saturated rings. The van der Waals surface area contributed by atoms with Crippen LogP contribution in [0.25, 0.3) is 0 Å². The van der Waals surface area contributed by atoms with Crippen molar-refractivity contribution in [1.82, 2.24) is 20.4 Å². The van der Waals surface area contributed by atoms with E-state index in [9.17, 15) is 0 Å². The van der Waals surface area contributed by atoms with E-state index in [-0.39, 0.29) is 0 Å². The first-order valence-corrected chi connectivity index (χ1v) is 3.54. The highest BCUT2D eigenvalue weighted by atomic mass is 15.4. The van der Waals surface area contributed by atoms with Crippen LogP contribution >= 0.6 is 0 Å². The highest BCUT2D eigenvalue weighted by Gasteiger charge is 1.91. The second kappa shape index (κ2) is 5.52. The zero-order valence-corrected chi connectivity index (χ0v) is 7.29. The van der Waals surface area contributed by atoms with E-state index in [0.29, 0.717) is 11.8 Å². The molecule has 0 saturated heterocycles. The molecule has 1 aromatic heterocycles. The van der Waals surface area contributed by atoms with Crippen LogP contribution in [0.15, 0.2) is 0 Å². The molecule has 0 atom stereocenters. The van der Waals surface area contributed by atoms with Crippen LogP contribution in [0.4, 0.5) is 5.95 Å². The summed E-state index contributed by atoms with van der Waals surface area (Å²) < 4.78 is 0. The van der Waals surface area contributed by atoms with Crippen LogP contribution in [0.5, 0.6) is 0 Å². The summed E-state index contributed by atoms with van der Waals surface area (Å²) in [7, 11) is 1.73. The predicted molar refractivity (Wildman–Crippen MR) is 43.3 cm³/mol. The average molecular weight is 155 g/mol. The van der Waals surface area contributed by atoms with Crippen molar-refractivity contribution in [3.05, 3.63) is 5.82 Å². The van der Waals surface area contributed by atoms with Gasteiger partial charge in [-0.1, -0.05) is 18.9 Å². The van der Waals surface area contributed by atoms with Crippen molar-refractivity contribution in [2.24, 2.45) is 0 Å². The molecule has 0 aromatic carbocycles. The van der Waals surface area contributed by atoms with Gasteiger partial charge in [0.25, 0.3) is 0 Å². The summed E-state index contributed by atoms with van der Waals surface area (Å²) in [6, 6.07) is 0. The molecule has 1 rings (SSSR count). The zero-order chi connectivity index (χ0) is 8.69. The quantitative estimate of drug-likeness (QED) is 0.644. The van der Waals surface area contributed by atoms with Crippen molar-refractivity contribution >= 4 is 5.95 Å². The highest BCUT2D eigenvalue weighted by Crippen LogP contribution is 1.89. The summed E-state index contributed by atoms with van der Waals surface area (Å²) in [4.78, 5) is 3.90. The SMILES string of the molecule is CC.CNc1nnnc(C)n1. The molecule has 0 unspecified atom stereocenters. The van der Waals surface area contributed by atoms with Crippen molar-refractivity contribution in [3.63, 3.8) is 0 Å².